The van der Waals surface area contributed by atoms with Gasteiger partial charge in [0.1, 0.15) is 5.82 Å². The Morgan fingerprint density at radius 1 is 1.17 bits per heavy atom. The van der Waals surface area contributed by atoms with Gasteiger partial charge in [-0.15, -0.1) is 0 Å². The lowest BCUT2D eigenvalue weighted by atomic mass is 10.1. The first-order valence-electron chi connectivity index (χ1n) is 7.71. The molecule has 1 heterocycles. The summed E-state index contributed by atoms with van der Waals surface area (Å²) in [4.78, 5) is 17.6. The summed E-state index contributed by atoms with van der Waals surface area (Å²) in [6.45, 7) is 5.89. The molecule has 5 heteroatoms. The fourth-order valence-electron chi connectivity index (χ4n) is 2.49. The minimum Gasteiger partial charge on any atom is -0.352 e. The minimum atomic E-state index is -0.894. The molecular formula is C18H24N2O3. The molecule has 0 saturated carbocycles. The molecule has 0 bridgehead atoms. The normalized spacial score (nSPS) is 11.7. The minimum absolute atomic E-state index is 0.0592. The summed E-state index contributed by atoms with van der Waals surface area (Å²) in [5.41, 5.74) is 2.33. The van der Waals surface area contributed by atoms with Crippen LogP contribution in [0, 0.1) is 6.92 Å². The van der Waals surface area contributed by atoms with E-state index in [2.05, 4.69) is 0 Å². The third kappa shape index (κ3) is 3.51. The van der Waals surface area contributed by atoms with E-state index < -0.39 is 5.79 Å². The highest BCUT2D eigenvalue weighted by Gasteiger charge is 2.27. The van der Waals surface area contributed by atoms with Crippen LogP contribution >= 0.6 is 0 Å². The van der Waals surface area contributed by atoms with Crippen LogP contribution in [-0.4, -0.2) is 29.6 Å². The van der Waals surface area contributed by atoms with Crippen molar-refractivity contribution in [2.45, 2.75) is 39.5 Å². The molecular weight excluding hydrogens is 292 g/mol. The molecule has 0 N–H and O–H groups in total. The van der Waals surface area contributed by atoms with Crippen LogP contribution in [0.2, 0.25) is 0 Å². The quantitative estimate of drug-likeness (QED) is 0.769. The van der Waals surface area contributed by atoms with Crippen LogP contribution < -0.4 is 5.56 Å². The highest BCUT2D eigenvalue weighted by Crippen LogP contribution is 2.21. The van der Waals surface area contributed by atoms with Crippen molar-refractivity contribution in [3.63, 3.8) is 0 Å². The first-order chi connectivity index (χ1) is 11.0. The van der Waals surface area contributed by atoms with Gasteiger partial charge in [-0.3, -0.25) is 9.36 Å². The number of rotatable bonds is 6. The van der Waals surface area contributed by atoms with Gasteiger partial charge in [0.15, 0.2) is 5.79 Å². The van der Waals surface area contributed by atoms with Crippen molar-refractivity contribution in [1.82, 2.24) is 9.55 Å². The van der Waals surface area contributed by atoms with E-state index in [0.717, 1.165) is 11.3 Å². The third-order valence-corrected chi connectivity index (χ3v) is 4.17. The predicted octanol–water partition coefficient (Wildman–Crippen LogP) is 2.79. The molecule has 0 saturated heterocycles. The number of hydrogen-bond donors (Lipinski definition) is 0. The molecule has 0 radical (unpaired) electrons. The first kappa shape index (κ1) is 17.4. The molecule has 0 spiro atoms. The molecule has 0 unspecified atom stereocenters. The van der Waals surface area contributed by atoms with E-state index in [1.807, 2.05) is 44.2 Å². The van der Waals surface area contributed by atoms with Crippen molar-refractivity contribution >= 4 is 0 Å². The van der Waals surface area contributed by atoms with Crippen LogP contribution in [0.4, 0.5) is 0 Å². The predicted molar refractivity (Wildman–Crippen MR) is 90.5 cm³/mol. The number of hydrogen-bond acceptors (Lipinski definition) is 4. The Hall–Kier alpha value is -1.98. The average molecular weight is 316 g/mol. The van der Waals surface area contributed by atoms with Crippen LogP contribution in [0.3, 0.4) is 0 Å². The summed E-state index contributed by atoms with van der Waals surface area (Å²) in [5, 5.41) is 0. The van der Waals surface area contributed by atoms with Gasteiger partial charge in [0.2, 0.25) is 0 Å². The van der Waals surface area contributed by atoms with E-state index in [0.29, 0.717) is 17.8 Å². The van der Waals surface area contributed by atoms with E-state index in [9.17, 15) is 4.79 Å². The molecule has 0 amide bonds. The van der Waals surface area contributed by atoms with Crippen molar-refractivity contribution in [1.29, 1.82) is 0 Å². The number of ether oxygens (including phenoxy) is 2. The van der Waals surface area contributed by atoms with Crippen LogP contribution in [0.5, 0.6) is 0 Å². The van der Waals surface area contributed by atoms with E-state index >= 15 is 0 Å². The molecule has 1 aromatic heterocycles. The second-order valence-electron chi connectivity index (χ2n) is 5.66. The van der Waals surface area contributed by atoms with E-state index in [4.69, 9.17) is 14.5 Å². The number of aromatic nitrogens is 2. The first-order valence-corrected chi connectivity index (χ1v) is 7.71. The molecule has 5 nitrogen and oxygen atoms in total. The highest BCUT2D eigenvalue weighted by molar-refractivity contribution is 5.55. The standard InChI is InChI=1S/C18H24N2O3/c1-6-15-13(2)17(21)20(12-18(3,22-4)23-5)16(19-15)14-10-8-7-9-11-14/h7-11H,6,12H2,1-5H3. The number of methoxy groups -OCH3 is 2. The Balaban J connectivity index is 2.68. The number of nitrogens with zero attached hydrogens (tertiary/aromatic N) is 2. The average Bonchev–Trinajstić information content (AvgIpc) is 2.60. The zero-order valence-electron chi connectivity index (χ0n) is 14.4. The third-order valence-electron chi connectivity index (χ3n) is 4.17. The Labute approximate surface area is 136 Å². The SMILES string of the molecule is CCc1nc(-c2ccccc2)n(CC(C)(OC)OC)c(=O)c1C. The molecule has 2 rings (SSSR count). The summed E-state index contributed by atoms with van der Waals surface area (Å²) >= 11 is 0. The molecule has 0 atom stereocenters. The van der Waals surface area contributed by atoms with Gasteiger partial charge in [0, 0.05) is 25.3 Å². The monoisotopic (exact) mass is 316 g/mol. The molecule has 0 aliphatic rings. The van der Waals surface area contributed by atoms with Gasteiger partial charge in [-0.25, -0.2) is 4.98 Å². The Bertz CT molecular complexity index is 719. The summed E-state index contributed by atoms with van der Waals surface area (Å²) in [6, 6.07) is 9.70. The molecule has 1 aromatic carbocycles. The summed E-state index contributed by atoms with van der Waals surface area (Å²) in [6.07, 6.45) is 0.716. The molecule has 0 aliphatic carbocycles. The Kier molecular flexibility index (Phi) is 5.34. The van der Waals surface area contributed by atoms with Crippen LogP contribution in [0.25, 0.3) is 11.4 Å². The number of aryl methyl sites for hydroxylation is 1. The summed E-state index contributed by atoms with van der Waals surface area (Å²) in [5.74, 6) is -0.256. The lowest BCUT2D eigenvalue weighted by molar-refractivity contribution is -0.201. The molecule has 23 heavy (non-hydrogen) atoms. The second kappa shape index (κ2) is 7.06. The van der Waals surface area contributed by atoms with Crippen LogP contribution in [-0.2, 0) is 22.4 Å². The highest BCUT2D eigenvalue weighted by atomic mass is 16.7. The van der Waals surface area contributed by atoms with Gasteiger partial charge in [0.05, 0.1) is 12.2 Å². The van der Waals surface area contributed by atoms with Gasteiger partial charge < -0.3 is 9.47 Å². The van der Waals surface area contributed by atoms with Gasteiger partial charge in [-0.2, -0.15) is 0 Å². The van der Waals surface area contributed by atoms with Crippen molar-refractivity contribution < 1.29 is 9.47 Å². The zero-order valence-corrected chi connectivity index (χ0v) is 14.4. The van der Waals surface area contributed by atoms with Crippen LogP contribution in [0.15, 0.2) is 35.1 Å². The van der Waals surface area contributed by atoms with Gasteiger partial charge in [-0.1, -0.05) is 37.3 Å². The fraction of sp³-hybridized carbons (Fsp3) is 0.444. The summed E-state index contributed by atoms with van der Waals surface area (Å²) in [7, 11) is 3.13. The van der Waals surface area contributed by atoms with E-state index in [-0.39, 0.29) is 12.1 Å². The lowest BCUT2D eigenvalue weighted by Gasteiger charge is -2.28. The maximum absolute atomic E-state index is 12.9. The van der Waals surface area contributed by atoms with Gasteiger partial charge in [-0.05, 0) is 20.3 Å². The zero-order chi connectivity index (χ0) is 17.0. The van der Waals surface area contributed by atoms with Crippen LogP contribution in [0.1, 0.15) is 25.1 Å². The second-order valence-corrected chi connectivity index (χ2v) is 5.66. The van der Waals surface area contributed by atoms with Gasteiger partial charge in [0.25, 0.3) is 5.56 Å². The van der Waals surface area contributed by atoms with Crippen molar-refractivity contribution in [3.05, 3.63) is 51.9 Å². The smallest absolute Gasteiger partial charge is 0.257 e. The lowest BCUT2D eigenvalue weighted by Crippen LogP contribution is -2.40. The topological polar surface area (TPSA) is 53.4 Å². The number of benzene rings is 1. The maximum atomic E-state index is 12.9. The van der Waals surface area contributed by atoms with E-state index in [1.54, 1.807) is 25.7 Å². The van der Waals surface area contributed by atoms with Crippen molar-refractivity contribution in [2.24, 2.45) is 0 Å². The van der Waals surface area contributed by atoms with Gasteiger partial charge >= 0.3 is 0 Å². The molecule has 2 aromatic rings. The fourth-order valence-corrected chi connectivity index (χ4v) is 2.49. The Morgan fingerprint density at radius 2 is 1.78 bits per heavy atom. The molecule has 124 valence electrons. The van der Waals surface area contributed by atoms with E-state index in [1.165, 1.54) is 0 Å². The largest absolute Gasteiger partial charge is 0.352 e. The molecule has 0 aliphatic heterocycles. The molecule has 0 fully saturated rings. The van der Waals surface area contributed by atoms with Crippen molar-refractivity contribution in [3.8, 4) is 11.4 Å². The maximum Gasteiger partial charge on any atom is 0.257 e. The Morgan fingerprint density at radius 3 is 2.30 bits per heavy atom. The van der Waals surface area contributed by atoms with Crippen molar-refractivity contribution in [2.75, 3.05) is 14.2 Å². The summed E-state index contributed by atoms with van der Waals surface area (Å²) < 4.78 is 12.5.